The molecule has 0 saturated carbocycles. The van der Waals surface area contributed by atoms with Crippen molar-refractivity contribution < 1.29 is 38.0 Å². The molecule has 206 valence electrons. The number of hydrogen-bond acceptors (Lipinski definition) is 7. The summed E-state index contributed by atoms with van der Waals surface area (Å²) in [4.78, 5) is 26.3. The van der Waals surface area contributed by atoms with Crippen LogP contribution < -0.4 is 18.9 Å². The van der Waals surface area contributed by atoms with Crippen LogP contribution in [0.5, 0.6) is 23.0 Å². The predicted octanol–water partition coefficient (Wildman–Crippen LogP) is 4.80. The maximum absolute atomic E-state index is 15.4. The Morgan fingerprint density at radius 1 is 1.11 bits per heavy atom. The maximum atomic E-state index is 15.4. The van der Waals surface area contributed by atoms with E-state index in [-0.39, 0.29) is 59.9 Å². The normalized spacial score (nSPS) is 13.7. The number of aliphatic carboxylic acids is 1. The fourth-order valence-corrected chi connectivity index (χ4v) is 4.24. The number of nitrogens with zero attached hydrogens (tertiary/aromatic N) is 1. The molecule has 0 fully saturated rings. The van der Waals surface area contributed by atoms with Crippen LogP contribution in [0.2, 0.25) is 0 Å². The Balaban J connectivity index is 1.96. The largest absolute Gasteiger partial charge is 0.493 e. The molecule has 1 aliphatic rings. The van der Waals surface area contributed by atoms with Crippen LogP contribution in [-0.2, 0) is 16.8 Å². The molecule has 0 aromatic heterocycles. The minimum absolute atomic E-state index is 0.0447. The minimum Gasteiger partial charge on any atom is -0.493 e. The molecule has 1 atom stereocenters. The fourth-order valence-electron chi connectivity index (χ4n) is 4.24. The fraction of sp³-hybridized carbons (Fsp3) is 0.464. The van der Waals surface area contributed by atoms with Crippen molar-refractivity contribution in [1.82, 2.24) is 4.90 Å². The average molecular weight is 531 g/mol. The first-order chi connectivity index (χ1) is 17.8. The van der Waals surface area contributed by atoms with Crippen LogP contribution in [0.4, 0.5) is 4.39 Å². The molecular formula is C28H35FN2O7. The highest BCUT2D eigenvalue weighted by molar-refractivity contribution is 6.06. The number of nitrogens with one attached hydrogen (secondary N) is 1. The molecule has 2 aromatic carbocycles. The third-order valence-corrected chi connectivity index (χ3v) is 6.15. The number of halogens is 1. The number of carboxylic acids is 1. The van der Waals surface area contributed by atoms with Gasteiger partial charge < -0.3 is 29.0 Å². The van der Waals surface area contributed by atoms with Gasteiger partial charge in [-0.05, 0) is 49.9 Å². The molecule has 38 heavy (non-hydrogen) atoms. The Labute approximate surface area is 222 Å². The first-order valence-electron chi connectivity index (χ1n) is 12.4. The van der Waals surface area contributed by atoms with Gasteiger partial charge in [-0.1, -0.05) is 20.8 Å². The molecule has 1 heterocycles. The van der Waals surface area contributed by atoms with Crippen molar-refractivity contribution >= 4 is 17.6 Å². The van der Waals surface area contributed by atoms with Crippen molar-refractivity contribution in [2.24, 2.45) is 0 Å². The Bertz CT molecular complexity index is 1250. The van der Waals surface area contributed by atoms with Crippen molar-refractivity contribution in [2.75, 3.05) is 26.9 Å². The topological polar surface area (TPSA) is 118 Å². The van der Waals surface area contributed by atoms with E-state index in [1.165, 1.54) is 25.0 Å². The number of rotatable bonds is 11. The Morgan fingerprint density at radius 2 is 1.76 bits per heavy atom. The van der Waals surface area contributed by atoms with Crippen LogP contribution in [-0.4, -0.2) is 60.6 Å². The smallest absolute Gasteiger partial charge is 0.344 e. The second kappa shape index (κ2) is 11.3. The molecule has 2 aromatic rings. The van der Waals surface area contributed by atoms with Crippen LogP contribution >= 0.6 is 0 Å². The van der Waals surface area contributed by atoms with Crippen LogP contribution in [0.3, 0.4) is 0 Å². The summed E-state index contributed by atoms with van der Waals surface area (Å²) in [5.41, 5.74) is 1.01. The summed E-state index contributed by atoms with van der Waals surface area (Å²) in [6.45, 7) is 11.2. The number of carbonyl (C=O) groups excluding carboxylic acids is 1. The molecule has 0 spiro atoms. The molecule has 10 heteroatoms. The van der Waals surface area contributed by atoms with Gasteiger partial charge in [0.2, 0.25) is 0 Å². The van der Waals surface area contributed by atoms with Crippen LogP contribution in [0.15, 0.2) is 18.2 Å². The number of Topliss-reactive ketones (excluding diaryl/α,β-unsaturated/α-hetero) is 1. The van der Waals surface area contributed by atoms with Gasteiger partial charge in [0.15, 0.2) is 40.7 Å². The molecule has 0 bridgehead atoms. The van der Waals surface area contributed by atoms with Gasteiger partial charge in [0.25, 0.3) is 0 Å². The third-order valence-electron chi connectivity index (χ3n) is 6.15. The van der Waals surface area contributed by atoms with E-state index in [0.717, 1.165) is 0 Å². The van der Waals surface area contributed by atoms with Gasteiger partial charge in [0.1, 0.15) is 5.84 Å². The quantitative estimate of drug-likeness (QED) is 0.398. The van der Waals surface area contributed by atoms with E-state index >= 15 is 4.39 Å². The third kappa shape index (κ3) is 5.69. The first-order valence-corrected chi connectivity index (χ1v) is 12.4. The summed E-state index contributed by atoms with van der Waals surface area (Å²) in [5, 5.41) is 17.9. The number of amidine groups is 1. The number of carbonyl (C=O) groups is 2. The molecule has 3 rings (SSSR count). The number of benzene rings is 2. The summed E-state index contributed by atoms with van der Waals surface area (Å²) in [5.74, 6) is -1.56. The van der Waals surface area contributed by atoms with Gasteiger partial charge in [0, 0.05) is 17.7 Å². The minimum atomic E-state index is -1.13. The zero-order chi connectivity index (χ0) is 28.4. The molecule has 0 amide bonds. The molecule has 1 unspecified atom stereocenters. The molecule has 1 aliphatic heterocycles. The summed E-state index contributed by atoms with van der Waals surface area (Å²) in [6.07, 6.45) is -1.13. The van der Waals surface area contributed by atoms with E-state index in [1.807, 2.05) is 20.8 Å². The highest BCUT2D eigenvalue weighted by atomic mass is 19.1. The molecular weight excluding hydrogens is 495 g/mol. The van der Waals surface area contributed by atoms with Crippen molar-refractivity contribution in [3.8, 4) is 23.0 Å². The lowest BCUT2D eigenvalue weighted by atomic mass is 9.84. The summed E-state index contributed by atoms with van der Waals surface area (Å²) < 4.78 is 37.6. The lowest BCUT2D eigenvalue weighted by molar-refractivity contribution is -0.144. The Morgan fingerprint density at radius 3 is 2.32 bits per heavy atom. The van der Waals surface area contributed by atoms with Gasteiger partial charge in [-0.3, -0.25) is 10.2 Å². The lowest BCUT2D eigenvalue weighted by Gasteiger charge is -2.26. The van der Waals surface area contributed by atoms with Crippen LogP contribution in [0, 0.1) is 11.2 Å². The van der Waals surface area contributed by atoms with E-state index in [9.17, 15) is 14.7 Å². The van der Waals surface area contributed by atoms with E-state index in [0.29, 0.717) is 23.3 Å². The highest BCUT2D eigenvalue weighted by Gasteiger charge is 2.34. The van der Waals surface area contributed by atoms with Gasteiger partial charge in [-0.25, -0.2) is 9.18 Å². The van der Waals surface area contributed by atoms with Gasteiger partial charge in [-0.2, -0.15) is 0 Å². The zero-order valence-corrected chi connectivity index (χ0v) is 22.9. The van der Waals surface area contributed by atoms with Crippen LogP contribution in [0.25, 0.3) is 0 Å². The van der Waals surface area contributed by atoms with Gasteiger partial charge >= 0.3 is 5.97 Å². The molecule has 0 radical (unpaired) electrons. The highest BCUT2D eigenvalue weighted by Crippen LogP contribution is 2.41. The number of hydrogen-bond donors (Lipinski definition) is 2. The van der Waals surface area contributed by atoms with Crippen LogP contribution in [0.1, 0.15) is 68.6 Å². The second-order valence-corrected chi connectivity index (χ2v) is 9.95. The van der Waals surface area contributed by atoms with Crippen molar-refractivity contribution in [3.05, 3.63) is 46.3 Å². The summed E-state index contributed by atoms with van der Waals surface area (Å²) in [7, 11) is 1.41. The van der Waals surface area contributed by atoms with E-state index in [4.69, 9.17) is 24.4 Å². The zero-order valence-electron chi connectivity index (χ0n) is 22.9. The lowest BCUT2D eigenvalue weighted by Crippen LogP contribution is -2.31. The Kier molecular flexibility index (Phi) is 8.54. The molecule has 2 N–H and O–H groups in total. The van der Waals surface area contributed by atoms with E-state index in [1.54, 1.807) is 26.0 Å². The monoisotopic (exact) mass is 530 g/mol. The van der Waals surface area contributed by atoms with Crippen molar-refractivity contribution in [2.45, 2.75) is 59.6 Å². The molecule has 0 saturated heterocycles. The summed E-state index contributed by atoms with van der Waals surface area (Å²) >= 11 is 0. The van der Waals surface area contributed by atoms with Gasteiger partial charge in [-0.15, -0.1) is 0 Å². The molecule has 9 nitrogen and oxygen atoms in total. The average Bonchev–Trinajstić information content (AvgIpc) is 3.15. The van der Waals surface area contributed by atoms with E-state index in [2.05, 4.69) is 0 Å². The maximum Gasteiger partial charge on any atom is 0.344 e. The Hall–Kier alpha value is -3.82. The number of ketones is 1. The molecule has 0 aliphatic carbocycles. The van der Waals surface area contributed by atoms with Crippen molar-refractivity contribution in [1.29, 1.82) is 5.41 Å². The number of carboxylic acid groups (broad SMARTS) is 1. The van der Waals surface area contributed by atoms with E-state index < -0.39 is 23.3 Å². The standard InChI is InChI=1S/C28H35FN2O7/c1-8-36-21-12-17-13-31(26(30)22(17)23(29)25(21)37-9-2)14-19(32)16-10-18(28(4,5)6)24(20(11-16)35-7)38-15(3)27(33)34/h10-12,15,30H,8-9,13-14H2,1-7H3,(H,33,34). The number of fused-ring (bicyclic) bond motifs is 1. The predicted molar refractivity (Wildman–Crippen MR) is 140 cm³/mol. The SMILES string of the molecule is CCOc1cc2c(c(F)c1OCC)C(=N)N(CC(=O)c1cc(OC)c(OC(C)C(=O)O)c(C(C)(C)C)c1)C2. The number of methoxy groups -OCH3 is 1. The first kappa shape index (κ1) is 28.7. The summed E-state index contributed by atoms with van der Waals surface area (Å²) in [6, 6.07) is 4.81. The number of ether oxygens (including phenoxy) is 4. The van der Waals surface area contributed by atoms with Gasteiger partial charge in [0.05, 0.1) is 32.4 Å². The second-order valence-electron chi connectivity index (χ2n) is 9.95. The van der Waals surface area contributed by atoms with Crippen molar-refractivity contribution in [3.63, 3.8) is 0 Å².